The molecule has 1 unspecified atom stereocenters. The van der Waals surface area contributed by atoms with Gasteiger partial charge in [-0.3, -0.25) is 9.36 Å². The van der Waals surface area contributed by atoms with Crippen molar-refractivity contribution >= 4 is 29.1 Å². The molecule has 1 aliphatic heterocycles. The smallest absolute Gasteiger partial charge is 0.278 e. The van der Waals surface area contributed by atoms with Gasteiger partial charge in [0.05, 0.1) is 6.33 Å². The van der Waals surface area contributed by atoms with Gasteiger partial charge in [-0.2, -0.15) is 0 Å². The van der Waals surface area contributed by atoms with Crippen LogP contribution in [0.4, 0.5) is 5.69 Å². The molecule has 0 radical (unpaired) electrons. The Kier molecular flexibility index (Phi) is 3.24. The third kappa shape index (κ3) is 2.24. The number of hydrogen-bond acceptors (Lipinski definition) is 4. The molecule has 4 nitrogen and oxygen atoms in total. The zero-order valence-corrected chi connectivity index (χ0v) is 11.6. The zero-order valence-electron chi connectivity index (χ0n) is 10.0. The highest BCUT2D eigenvalue weighted by molar-refractivity contribution is 7.99. The molecule has 0 saturated carbocycles. The van der Waals surface area contributed by atoms with Crippen molar-refractivity contribution in [1.29, 1.82) is 0 Å². The van der Waals surface area contributed by atoms with Crippen LogP contribution in [0.15, 0.2) is 40.3 Å². The highest BCUT2D eigenvalue weighted by atomic mass is 35.5. The molecule has 2 aromatic rings. The van der Waals surface area contributed by atoms with Gasteiger partial charge in [-0.25, -0.2) is 4.98 Å². The van der Waals surface area contributed by atoms with Gasteiger partial charge in [0, 0.05) is 23.1 Å². The van der Waals surface area contributed by atoms with Crippen molar-refractivity contribution < 1.29 is 0 Å². The number of nitrogens with two attached hydrogens (primary N) is 1. The molecule has 2 N–H and O–H groups in total. The van der Waals surface area contributed by atoms with Crippen LogP contribution in [0.1, 0.15) is 11.5 Å². The van der Waals surface area contributed by atoms with Crippen LogP contribution < -0.4 is 11.3 Å². The maximum Gasteiger partial charge on any atom is 0.278 e. The fourth-order valence-corrected chi connectivity index (χ4v) is 3.60. The minimum absolute atomic E-state index is 0.0168. The van der Waals surface area contributed by atoms with E-state index in [9.17, 15) is 4.79 Å². The molecular formula is C13H12ClN3OS. The van der Waals surface area contributed by atoms with Crippen molar-refractivity contribution in [1.82, 2.24) is 9.55 Å². The van der Waals surface area contributed by atoms with Gasteiger partial charge in [-0.1, -0.05) is 29.8 Å². The van der Waals surface area contributed by atoms with E-state index < -0.39 is 0 Å². The lowest BCUT2D eigenvalue weighted by Crippen LogP contribution is -2.26. The van der Waals surface area contributed by atoms with Gasteiger partial charge in [-0.05, 0) is 11.6 Å². The summed E-state index contributed by atoms with van der Waals surface area (Å²) in [4.78, 5) is 17.2. The van der Waals surface area contributed by atoms with Gasteiger partial charge in [0.1, 0.15) is 5.69 Å². The van der Waals surface area contributed by atoms with Gasteiger partial charge in [0.25, 0.3) is 5.56 Å². The maximum absolute atomic E-state index is 12.0. The highest BCUT2D eigenvalue weighted by Gasteiger charge is 2.23. The molecule has 0 bridgehead atoms. The number of rotatable bonds is 2. The van der Waals surface area contributed by atoms with Crippen LogP contribution in [-0.2, 0) is 6.54 Å². The third-order valence-electron chi connectivity index (χ3n) is 3.24. The Morgan fingerprint density at radius 3 is 3.11 bits per heavy atom. The number of thioether (sulfide) groups is 1. The number of nitrogens with zero attached hydrogens (tertiary/aromatic N) is 2. The number of benzene rings is 1. The number of anilines is 1. The molecule has 1 aromatic carbocycles. The van der Waals surface area contributed by atoms with Crippen molar-refractivity contribution in [3.63, 3.8) is 0 Å². The molecule has 1 atom stereocenters. The Morgan fingerprint density at radius 2 is 2.26 bits per heavy atom. The second-order valence-electron chi connectivity index (χ2n) is 4.45. The van der Waals surface area contributed by atoms with E-state index in [2.05, 4.69) is 17.1 Å². The van der Waals surface area contributed by atoms with Crippen LogP contribution in [0.2, 0.25) is 5.15 Å². The summed E-state index contributed by atoms with van der Waals surface area (Å²) in [6, 6.07) is 8.27. The largest absolute Gasteiger partial charge is 0.392 e. The van der Waals surface area contributed by atoms with Gasteiger partial charge in [-0.15, -0.1) is 11.8 Å². The fourth-order valence-electron chi connectivity index (χ4n) is 2.23. The molecule has 0 saturated heterocycles. The summed E-state index contributed by atoms with van der Waals surface area (Å²) >= 11 is 7.55. The molecule has 1 aromatic heterocycles. The van der Waals surface area contributed by atoms with Crippen molar-refractivity contribution in [3.8, 4) is 0 Å². The first kappa shape index (κ1) is 12.6. The molecule has 0 spiro atoms. The van der Waals surface area contributed by atoms with E-state index in [1.54, 1.807) is 0 Å². The van der Waals surface area contributed by atoms with E-state index >= 15 is 0 Å². The van der Waals surface area contributed by atoms with E-state index in [4.69, 9.17) is 17.3 Å². The Labute approximate surface area is 119 Å². The summed E-state index contributed by atoms with van der Waals surface area (Å²) in [6.07, 6.45) is 1.46. The predicted molar refractivity (Wildman–Crippen MR) is 77.8 cm³/mol. The summed E-state index contributed by atoms with van der Waals surface area (Å²) in [6.45, 7) is 0.581. The van der Waals surface area contributed by atoms with Crippen LogP contribution in [0.25, 0.3) is 0 Å². The van der Waals surface area contributed by atoms with E-state index in [0.29, 0.717) is 12.5 Å². The Morgan fingerprint density at radius 1 is 1.47 bits per heavy atom. The monoisotopic (exact) mass is 293 g/mol. The predicted octanol–water partition coefficient (Wildman–Crippen LogP) is 2.37. The van der Waals surface area contributed by atoms with Crippen molar-refractivity contribution in [2.45, 2.75) is 17.4 Å². The number of halogens is 1. The summed E-state index contributed by atoms with van der Waals surface area (Å²) in [5.74, 6) is 1.27. The van der Waals surface area contributed by atoms with Crippen LogP contribution >= 0.6 is 23.4 Å². The van der Waals surface area contributed by atoms with E-state index in [1.165, 1.54) is 21.4 Å². The maximum atomic E-state index is 12.0. The molecule has 6 heteroatoms. The molecule has 0 aliphatic carbocycles. The first-order valence-electron chi connectivity index (χ1n) is 5.89. The van der Waals surface area contributed by atoms with Gasteiger partial charge in [0.2, 0.25) is 0 Å². The first-order chi connectivity index (χ1) is 9.16. The molecule has 98 valence electrons. The topological polar surface area (TPSA) is 60.9 Å². The van der Waals surface area contributed by atoms with Crippen LogP contribution in [0.3, 0.4) is 0 Å². The van der Waals surface area contributed by atoms with Crippen LogP contribution in [0.5, 0.6) is 0 Å². The summed E-state index contributed by atoms with van der Waals surface area (Å²) in [5.41, 5.74) is 6.65. The van der Waals surface area contributed by atoms with Crippen molar-refractivity contribution in [2.75, 3.05) is 11.5 Å². The lowest BCUT2D eigenvalue weighted by atomic mass is 10.0. The van der Waals surface area contributed by atoms with E-state index in [1.807, 2.05) is 23.9 Å². The normalized spacial score (nSPS) is 17.4. The van der Waals surface area contributed by atoms with E-state index in [-0.39, 0.29) is 16.4 Å². The van der Waals surface area contributed by atoms with Crippen LogP contribution in [0, 0.1) is 0 Å². The quantitative estimate of drug-likeness (QED) is 0.864. The van der Waals surface area contributed by atoms with Crippen molar-refractivity contribution in [3.05, 3.63) is 51.7 Å². The summed E-state index contributed by atoms with van der Waals surface area (Å²) in [7, 11) is 0. The molecule has 2 heterocycles. The molecule has 0 fully saturated rings. The number of hydrogen-bond donors (Lipinski definition) is 1. The fraction of sp³-hybridized carbons (Fsp3) is 0.231. The number of fused-ring (bicyclic) bond motifs is 1. The summed E-state index contributed by atoms with van der Waals surface area (Å²) < 4.78 is 1.54. The van der Waals surface area contributed by atoms with Crippen LogP contribution in [-0.4, -0.2) is 15.3 Å². The third-order valence-corrected chi connectivity index (χ3v) is 4.79. The Hall–Kier alpha value is -1.46. The summed E-state index contributed by atoms with van der Waals surface area (Å²) in [5, 5.41) is 0.0717. The second-order valence-corrected chi connectivity index (χ2v) is 5.87. The Balaban J connectivity index is 1.92. The first-order valence-corrected chi connectivity index (χ1v) is 7.25. The Bertz CT molecular complexity index is 686. The van der Waals surface area contributed by atoms with Gasteiger partial charge < -0.3 is 5.73 Å². The highest BCUT2D eigenvalue weighted by Crippen LogP contribution is 2.39. The minimum atomic E-state index is -0.269. The standard InChI is InChI=1S/C13H12ClN3OS/c14-12-11(15)13(18)17(7-16-12)5-8-6-19-10-4-2-1-3-9(8)10/h1-4,7-8H,5-6,15H2. The minimum Gasteiger partial charge on any atom is -0.392 e. The van der Waals surface area contributed by atoms with Crippen molar-refractivity contribution in [2.24, 2.45) is 0 Å². The lowest BCUT2D eigenvalue weighted by molar-refractivity contribution is 0.580. The molecular weight excluding hydrogens is 282 g/mol. The molecule has 1 aliphatic rings. The van der Waals surface area contributed by atoms with Gasteiger partial charge in [0.15, 0.2) is 5.15 Å². The lowest BCUT2D eigenvalue weighted by Gasteiger charge is -2.13. The zero-order chi connectivity index (χ0) is 13.4. The number of nitrogen functional groups attached to an aromatic ring is 1. The average Bonchev–Trinajstić information content (AvgIpc) is 2.83. The second kappa shape index (κ2) is 4.90. The SMILES string of the molecule is Nc1c(Cl)ncn(CC2CSc3ccccc32)c1=O. The average molecular weight is 294 g/mol. The molecule has 0 amide bonds. The number of aromatic nitrogens is 2. The van der Waals surface area contributed by atoms with E-state index in [0.717, 1.165) is 5.75 Å². The van der Waals surface area contributed by atoms with Gasteiger partial charge >= 0.3 is 0 Å². The molecule has 3 rings (SSSR count). The molecule has 19 heavy (non-hydrogen) atoms.